The van der Waals surface area contributed by atoms with Crippen LogP contribution in [-0.4, -0.2) is 12.8 Å². The first-order valence-corrected chi connectivity index (χ1v) is 12.0. The number of nitrogens with one attached hydrogen (secondary N) is 1. The van der Waals surface area contributed by atoms with Gasteiger partial charge in [0.15, 0.2) is 0 Å². The number of halogens is 2. The molecule has 0 radical (unpaired) electrons. The fraction of sp³-hybridized carbons (Fsp3) is 0.0909. The summed E-state index contributed by atoms with van der Waals surface area (Å²) in [6.07, 6.45) is 1.94. The standard InChI is InChI=1S/C22H18Br2N2O2S/c1-15-2-12-20(13-3-15)29(27,28)26-22(17-6-10-19(24)11-7-17)14-21(25-26)16-4-8-18(23)9-5-16/h2-14,22,25H,1H3/t22-/m1/s1. The highest BCUT2D eigenvalue weighted by molar-refractivity contribution is 9.10. The van der Waals surface area contributed by atoms with E-state index in [4.69, 9.17) is 0 Å². The molecule has 0 aromatic heterocycles. The third-order valence-electron chi connectivity index (χ3n) is 4.75. The number of nitrogens with zero attached hydrogens (tertiary/aromatic N) is 1. The van der Waals surface area contributed by atoms with Crippen LogP contribution in [0.2, 0.25) is 0 Å². The fourth-order valence-electron chi connectivity index (χ4n) is 3.17. The maximum absolute atomic E-state index is 13.4. The molecule has 0 saturated heterocycles. The summed E-state index contributed by atoms with van der Waals surface area (Å²) in [4.78, 5) is 0.253. The Morgan fingerprint density at radius 3 is 1.97 bits per heavy atom. The third-order valence-corrected chi connectivity index (χ3v) is 7.51. The number of rotatable bonds is 4. The molecule has 0 saturated carbocycles. The molecule has 0 fully saturated rings. The van der Waals surface area contributed by atoms with Gasteiger partial charge in [-0.15, -0.1) is 4.41 Å². The lowest BCUT2D eigenvalue weighted by Crippen LogP contribution is -2.39. The van der Waals surface area contributed by atoms with Gasteiger partial charge in [-0.25, -0.2) is 8.42 Å². The normalized spacial score (nSPS) is 17.1. The van der Waals surface area contributed by atoms with Crippen LogP contribution < -0.4 is 5.43 Å². The van der Waals surface area contributed by atoms with Crippen molar-refractivity contribution in [3.63, 3.8) is 0 Å². The predicted octanol–water partition coefficient (Wildman–Crippen LogP) is 5.81. The molecule has 4 nitrogen and oxygen atoms in total. The number of hydrogen-bond donors (Lipinski definition) is 1. The molecule has 7 heteroatoms. The van der Waals surface area contributed by atoms with Crippen LogP contribution in [0.25, 0.3) is 5.70 Å². The van der Waals surface area contributed by atoms with Gasteiger partial charge in [-0.1, -0.05) is 73.8 Å². The van der Waals surface area contributed by atoms with Crippen LogP contribution >= 0.6 is 31.9 Å². The van der Waals surface area contributed by atoms with Crippen LogP contribution in [0.5, 0.6) is 0 Å². The Morgan fingerprint density at radius 2 is 1.38 bits per heavy atom. The quantitative estimate of drug-likeness (QED) is 0.460. The van der Waals surface area contributed by atoms with Crippen LogP contribution in [0.15, 0.2) is 92.7 Å². The van der Waals surface area contributed by atoms with Gasteiger partial charge in [0.1, 0.15) is 0 Å². The zero-order chi connectivity index (χ0) is 20.6. The zero-order valence-electron chi connectivity index (χ0n) is 15.5. The summed E-state index contributed by atoms with van der Waals surface area (Å²) < 4.78 is 30.1. The summed E-state index contributed by atoms with van der Waals surface area (Å²) in [5.74, 6) is 0. The molecule has 1 aliphatic heterocycles. The Labute approximate surface area is 187 Å². The van der Waals surface area contributed by atoms with Gasteiger partial charge >= 0.3 is 0 Å². The molecule has 1 N–H and O–H groups in total. The van der Waals surface area contributed by atoms with Crippen LogP contribution in [0.4, 0.5) is 0 Å². The monoisotopic (exact) mass is 532 g/mol. The minimum atomic E-state index is -3.76. The van der Waals surface area contributed by atoms with Crippen molar-refractivity contribution >= 4 is 47.6 Å². The Hall–Kier alpha value is -1.93. The van der Waals surface area contributed by atoms with Crippen molar-refractivity contribution in [2.75, 3.05) is 0 Å². The Balaban J connectivity index is 1.78. The summed E-state index contributed by atoms with van der Waals surface area (Å²) >= 11 is 6.88. The Bertz CT molecular complexity index is 1160. The highest BCUT2D eigenvalue weighted by Crippen LogP contribution is 2.36. The average Bonchev–Trinajstić information content (AvgIpc) is 3.16. The van der Waals surface area contributed by atoms with E-state index < -0.39 is 16.1 Å². The molecular formula is C22H18Br2N2O2S. The lowest BCUT2D eigenvalue weighted by molar-refractivity contribution is 0.348. The zero-order valence-corrected chi connectivity index (χ0v) is 19.5. The topological polar surface area (TPSA) is 49.4 Å². The van der Waals surface area contributed by atoms with E-state index in [1.807, 2.05) is 61.5 Å². The number of aryl methyl sites for hydroxylation is 1. The van der Waals surface area contributed by atoms with Crippen molar-refractivity contribution in [2.24, 2.45) is 0 Å². The van der Waals surface area contributed by atoms with E-state index in [0.717, 1.165) is 31.3 Å². The summed E-state index contributed by atoms with van der Waals surface area (Å²) in [6.45, 7) is 1.93. The van der Waals surface area contributed by atoms with Crippen molar-refractivity contribution in [2.45, 2.75) is 17.9 Å². The van der Waals surface area contributed by atoms with Gasteiger partial charge in [0.25, 0.3) is 10.0 Å². The number of hydrazine groups is 1. The minimum Gasteiger partial charge on any atom is -0.304 e. The first kappa shape index (κ1) is 20.3. The summed E-state index contributed by atoms with van der Waals surface area (Å²) in [5.41, 5.74) is 6.68. The van der Waals surface area contributed by atoms with Crippen molar-refractivity contribution < 1.29 is 8.42 Å². The molecular weight excluding hydrogens is 516 g/mol. The maximum atomic E-state index is 13.4. The Morgan fingerprint density at radius 1 is 0.828 bits per heavy atom. The highest BCUT2D eigenvalue weighted by atomic mass is 79.9. The first-order chi connectivity index (χ1) is 13.8. The van der Waals surface area contributed by atoms with Gasteiger partial charge in [-0.05, 0) is 60.5 Å². The molecule has 29 heavy (non-hydrogen) atoms. The second-order valence-electron chi connectivity index (χ2n) is 6.81. The van der Waals surface area contributed by atoms with Gasteiger partial charge in [0.2, 0.25) is 0 Å². The van der Waals surface area contributed by atoms with Crippen molar-refractivity contribution in [1.29, 1.82) is 0 Å². The van der Waals surface area contributed by atoms with Crippen LogP contribution in [-0.2, 0) is 10.0 Å². The van der Waals surface area contributed by atoms with Gasteiger partial charge in [0.05, 0.1) is 16.6 Å². The highest BCUT2D eigenvalue weighted by Gasteiger charge is 2.36. The Kier molecular flexibility index (Phi) is 5.66. The van der Waals surface area contributed by atoms with E-state index in [0.29, 0.717) is 0 Å². The summed E-state index contributed by atoms with van der Waals surface area (Å²) in [7, 11) is -3.76. The van der Waals surface area contributed by atoms with Crippen molar-refractivity contribution in [3.05, 3.63) is 105 Å². The lowest BCUT2D eigenvalue weighted by Gasteiger charge is -2.25. The van der Waals surface area contributed by atoms with E-state index in [1.165, 1.54) is 4.41 Å². The SMILES string of the molecule is Cc1ccc(S(=O)(=O)N2NC(c3ccc(Br)cc3)=C[C@@H]2c2ccc(Br)cc2)cc1. The first-order valence-electron chi connectivity index (χ1n) is 8.95. The van der Waals surface area contributed by atoms with E-state index in [1.54, 1.807) is 24.3 Å². The number of hydrogen-bond acceptors (Lipinski definition) is 3. The van der Waals surface area contributed by atoms with E-state index in [2.05, 4.69) is 37.3 Å². The molecule has 1 heterocycles. The minimum absolute atomic E-state index is 0.253. The number of benzene rings is 3. The second kappa shape index (κ2) is 8.07. The van der Waals surface area contributed by atoms with Crippen LogP contribution in [0, 0.1) is 6.92 Å². The fourth-order valence-corrected chi connectivity index (χ4v) is 5.10. The molecule has 1 atom stereocenters. The van der Waals surface area contributed by atoms with E-state index >= 15 is 0 Å². The molecule has 0 unspecified atom stereocenters. The largest absolute Gasteiger partial charge is 0.304 e. The van der Waals surface area contributed by atoms with Gasteiger partial charge in [-0.3, -0.25) is 0 Å². The number of sulfonamides is 1. The third kappa shape index (κ3) is 4.19. The molecule has 0 bridgehead atoms. The van der Waals surface area contributed by atoms with Crippen molar-refractivity contribution in [1.82, 2.24) is 9.84 Å². The predicted molar refractivity (Wildman–Crippen MR) is 122 cm³/mol. The molecule has 3 aromatic rings. The smallest absolute Gasteiger partial charge is 0.260 e. The molecule has 0 amide bonds. The molecule has 4 rings (SSSR count). The molecule has 1 aliphatic rings. The van der Waals surface area contributed by atoms with Crippen LogP contribution in [0.3, 0.4) is 0 Å². The molecule has 0 aliphatic carbocycles. The van der Waals surface area contributed by atoms with Gasteiger partial charge in [0, 0.05) is 8.95 Å². The second-order valence-corrected chi connectivity index (χ2v) is 10.5. The van der Waals surface area contributed by atoms with Crippen LogP contribution in [0.1, 0.15) is 22.7 Å². The van der Waals surface area contributed by atoms with E-state index in [9.17, 15) is 8.42 Å². The van der Waals surface area contributed by atoms with Crippen molar-refractivity contribution in [3.8, 4) is 0 Å². The maximum Gasteiger partial charge on any atom is 0.260 e. The average molecular weight is 534 g/mol. The molecule has 3 aromatic carbocycles. The van der Waals surface area contributed by atoms with Gasteiger partial charge in [-0.2, -0.15) is 0 Å². The lowest BCUT2D eigenvalue weighted by atomic mass is 10.1. The summed E-state index contributed by atoms with van der Waals surface area (Å²) in [5, 5.41) is 0. The summed E-state index contributed by atoms with van der Waals surface area (Å²) in [6, 6.07) is 21.9. The van der Waals surface area contributed by atoms with E-state index in [-0.39, 0.29) is 4.90 Å². The molecule has 0 spiro atoms. The van der Waals surface area contributed by atoms with Gasteiger partial charge < -0.3 is 5.43 Å². The molecule has 148 valence electrons.